The molecule has 1 aliphatic carbocycles. The van der Waals surface area contributed by atoms with Gasteiger partial charge >= 0.3 is 0 Å². The molecule has 0 spiro atoms. The van der Waals surface area contributed by atoms with Crippen LogP contribution in [0.2, 0.25) is 0 Å². The molecule has 2 aliphatic rings. The molecule has 23 heavy (non-hydrogen) atoms. The predicted molar refractivity (Wildman–Crippen MR) is 90.5 cm³/mol. The number of aliphatic hydroxyl groups excluding tert-OH is 1. The van der Waals surface area contributed by atoms with E-state index in [-0.39, 0.29) is 42.1 Å². The fourth-order valence-corrected chi connectivity index (χ4v) is 3.86. The Hall–Kier alpha value is -0.970. The molecule has 1 heterocycles. The van der Waals surface area contributed by atoms with Crippen LogP contribution in [0.4, 0.5) is 4.39 Å². The van der Waals surface area contributed by atoms with Gasteiger partial charge in [-0.1, -0.05) is 12.8 Å². The molecular weight excluding hydrogens is 317 g/mol. The molecule has 0 amide bonds. The summed E-state index contributed by atoms with van der Waals surface area (Å²) in [5.41, 5.74) is 0.609. The third-order valence-electron chi connectivity index (χ3n) is 5.19. The summed E-state index contributed by atoms with van der Waals surface area (Å²) < 4.78 is 12.9. The van der Waals surface area contributed by atoms with Crippen molar-refractivity contribution in [1.82, 2.24) is 4.90 Å². The van der Waals surface area contributed by atoms with Gasteiger partial charge < -0.3 is 5.11 Å². The minimum absolute atomic E-state index is 0. The van der Waals surface area contributed by atoms with Crippen molar-refractivity contribution in [1.29, 1.82) is 0 Å². The SMILES string of the molecule is Cl.O=C(c1ccc(F)cc1)C1CCN([C@@H]2CCCC[C@H]2O)CC1. The topological polar surface area (TPSA) is 40.5 Å². The second-order valence-corrected chi connectivity index (χ2v) is 6.60. The Morgan fingerprint density at radius 1 is 1.04 bits per heavy atom. The summed E-state index contributed by atoms with van der Waals surface area (Å²) in [6.45, 7) is 1.75. The van der Waals surface area contributed by atoms with Crippen molar-refractivity contribution in [2.45, 2.75) is 50.7 Å². The highest BCUT2D eigenvalue weighted by Gasteiger charge is 2.33. The van der Waals surface area contributed by atoms with Crippen molar-refractivity contribution >= 4 is 18.2 Å². The quantitative estimate of drug-likeness (QED) is 0.856. The van der Waals surface area contributed by atoms with Gasteiger partial charge in [0, 0.05) is 17.5 Å². The lowest BCUT2D eigenvalue weighted by Crippen LogP contribution is -2.49. The van der Waals surface area contributed by atoms with Gasteiger partial charge in [-0.15, -0.1) is 12.4 Å². The number of hydrogen-bond acceptors (Lipinski definition) is 3. The van der Waals surface area contributed by atoms with E-state index >= 15 is 0 Å². The van der Waals surface area contributed by atoms with Crippen LogP contribution in [0.5, 0.6) is 0 Å². The number of hydrogen-bond donors (Lipinski definition) is 1. The number of carbonyl (C=O) groups is 1. The van der Waals surface area contributed by atoms with E-state index in [1.807, 2.05) is 0 Å². The summed E-state index contributed by atoms with van der Waals surface area (Å²) in [6.07, 6.45) is 5.74. The minimum atomic E-state index is -0.308. The number of halogens is 2. The molecule has 2 atom stereocenters. The number of nitrogens with zero attached hydrogens (tertiary/aromatic N) is 1. The molecular formula is C18H25ClFNO2. The van der Waals surface area contributed by atoms with Crippen LogP contribution in [0.25, 0.3) is 0 Å². The first-order valence-electron chi connectivity index (χ1n) is 8.37. The zero-order chi connectivity index (χ0) is 15.5. The zero-order valence-electron chi connectivity index (χ0n) is 13.3. The minimum Gasteiger partial charge on any atom is -0.391 e. The van der Waals surface area contributed by atoms with Crippen molar-refractivity contribution in [2.24, 2.45) is 5.92 Å². The Morgan fingerprint density at radius 3 is 2.26 bits per heavy atom. The highest BCUT2D eigenvalue weighted by molar-refractivity contribution is 5.97. The van der Waals surface area contributed by atoms with Crippen molar-refractivity contribution in [3.8, 4) is 0 Å². The summed E-state index contributed by atoms with van der Waals surface area (Å²) in [4.78, 5) is 14.8. The van der Waals surface area contributed by atoms with Crippen LogP contribution in [0.1, 0.15) is 48.9 Å². The largest absolute Gasteiger partial charge is 0.391 e. The van der Waals surface area contributed by atoms with Gasteiger partial charge in [0.25, 0.3) is 0 Å². The molecule has 1 aromatic rings. The van der Waals surface area contributed by atoms with Gasteiger partial charge in [-0.25, -0.2) is 4.39 Å². The van der Waals surface area contributed by atoms with E-state index in [4.69, 9.17) is 0 Å². The van der Waals surface area contributed by atoms with Crippen molar-refractivity contribution in [2.75, 3.05) is 13.1 Å². The van der Waals surface area contributed by atoms with Crippen molar-refractivity contribution in [3.05, 3.63) is 35.6 Å². The molecule has 0 aromatic heterocycles. The Bertz CT molecular complexity index is 514. The van der Waals surface area contributed by atoms with Gasteiger partial charge in [-0.2, -0.15) is 0 Å². The van der Waals surface area contributed by atoms with E-state index in [1.165, 1.54) is 18.6 Å². The maximum Gasteiger partial charge on any atom is 0.166 e. The summed E-state index contributed by atoms with van der Waals surface area (Å²) in [5.74, 6) is -0.149. The summed E-state index contributed by atoms with van der Waals surface area (Å²) in [5, 5.41) is 10.2. The number of ketones is 1. The standard InChI is InChI=1S/C18H24FNO2.ClH/c19-15-7-5-13(6-8-15)18(22)14-9-11-20(12-10-14)16-3-1-2-4-17(16)21;/h5-8,14,16-17,21H,1-4,9-12H2;1H/t16-,17-;/m1./s1. The van der Waals surface area contributed by atoms with Crippen LogP contribution in [0.3, 0.4) is 0 Å². The predicted octanol–water partition coefficient (Wildman–Crippen LogP) is 3.45. The molecule has 0 unspecified atom stereocenters. The van der Waals surface area contributed by atoms with E-state index in [1.54, 1.807) is 12.1 Å². The van der Waals surface area contributed by atoms with Crippen LogP contribution >= 0.6 is 12.4 Å². The number of carbonyl (C=O) groups excluding carboxylic acids is 1. The van der Waals surface area contributed by atoms with E-state index in [9.17, 15) is 14.3 Å². The van der Waals surface area contributed by atoms with E-state index in [0.29, 0.717) is 5.56 Å². The van der Waals surface area contributed by atoms with Crippen LogP contribution in [0, 0.1) is 11.7 Å². The lowest BCUT2D eigenvalue weighted by atomic mass is 9.85. The smallest absolute Gasteiger partial charge is 0.166 e. The number of benzene rings is 1. The maximum atomic E-state index is 12.9. The van der Waals surface area contributed by atoms with Gasteiger partial charge in [0.2, 0.25) is 0 Å². The average Bonchev–Trinajstić information content (AvgIpc) is 2.56. The Balaban J connectivity index is 0.00000192. The number of likely N-dealkylation sites (tertiary alicyclic amines) is 1. The van der Waals surface area contributed by atoms with Crippen LogP contribution in [-0.2, 0) is 0 Å². The molecule has 0 radical (unpaired) electrons. The molecule has 1 aromatic carbocycles. The highest BCUT2D eigenvalue weighted by Crippen LogP contribution is 2.28. The third-order valence-corrected chi connectivity index (χ3v) is 5.19. The second kappa shape index (κ2) is 8.22. The summed E-state index contributed by atoms with van der Waals surface area (Å²) >= 11 is 0. The Kier molecular flexibility index (Phi) is 6.57. The van der Waals surface area contributed by atoms with Crippen LogP contribution in [0.15, 0.2) is 24.3 Å². The van der Waals surface area contributed by atoms with Gasteiger partial charge in [-0.3, -0.25) is 9.69 Å². The van der Waals surface area contributed by atoms with E-state index < -0.39 is 0 Å². The average molecular weight is 342 g/mol. The van der Waals surface area contributed by atoms with Crippen LogP contribution < -0.4 is 0 Å². The van der Waals surface area contributed by atoms with Crippen LogP contribution in [-0.4, -0.2) is 41.0 Å². The molecule has 3 nitrogen and oxygen atoms in total. The fraction of sp³-hybridized carbons (Fsp3) is 0.611. The Morgan fingerprint density at radius 2 is 1.65 bits per heavy atom. The zero-order valence-corrected chi connectivity index (χ0v) is 14.1. The lowest BCUT2D eigenvalue weighted by Gasteiger charge is -2.41. The monoisotopic (exact) mass is 341 g/mol. The maximum absolute atomic E-state index is 12.9. The molecule has 5 heteroatoms. The molecule has 1 aliphatic heterocycles. The van der Waals surface area contributed by atoms with Gasteiger partial charge in [0.1, 0.15) is 5.82 Å². The normalized spacial score (nSPS) is 26.5. The number of Topliss-reactive ketones (excluding diaryl/α,β-unsaturated/α-hetero) is 1. The van der Waals surface area contributed by atoms with E-state index in [2.05, 4.69) is 4.90 Å². The van der Waals surface area contributed by atoms with Gasteiger partial charge in [0.05, 0.1) is 6.10 Å². The summed E-state index contributed by atoms with van der Waals surface area (Å²) in [7, 11) is 0. The number of aliphatic hydroxyl groups is 1. The molecule has 0 bridgehead atoms. The first-order valence-corrected chi connectivity index (χ1v) is 8.37. The third kappa shape index (κ3) is 4.31. The van der Waals surface area contributed by atoms with Gasteiger partial charge in [-0.05, 0) is 63.0 Å². The number of rotatable bonds is 3. The fourth-order valence-electron chi connectivity index (χ4n) is 3.86. The summed E-state index contributed by atoms with van der Waals surface area (Å²) in [6, 6.07) is 6.13. The van der Waals surface area contributed by atoms with Gasteiger partial charge in [0.15, 0.2) is 5.78 Å². The molecule has 1 N–H and O–H groups in total. The van der Waals surface area contributed by atoms with Crippen molar-refractivity contribution < 1.29 is 14.3 Å². The molecule has 128 valence electrons. The van der Waals surface area contributed by atoms with Crippen molar-refractivity contribution in [3.63, 3.8) is 0 Å². The number of piperidine rings is 1. The molecule has 2 fully saturated rings. The lowest BCUT2D eigenvalue weighted by molar-refractivity contribution is 0.00500. The molecule has 3 rings (SSSR count). The Labute approximate surface area is 143 Å². The van der Waals surface area contributed by atoms with E-state index in [0.717, 1.165) is 45.2 Å². The molecule has 1 saturated carbocycles. The highest BCUT2D eigenvalue weighted by atomic mass is 35.5. The first kappa shape index (κ1) is 18.4. The first-order chi connectivity index (χ1) is 10.6. The second-order valence-electron chi connectivity index (χ2n) is 6.60. The molecule has 1 saturated heterocycles.